The number of hydrogen-bond donors (Lipinski definition) is 2. The van der Waals surface area contributed by atoms with E-state index >= 15 is 0 Å². The van der Waals surface area contributed by atoms with E-state index in [1.54, 1.807) is 24.4 Å². The van der Waals surface area contributed by atoms with Crippen LogP contribution in [0.25, 0.3) is 11.3 Å². The SMILES string of the molecule is Cl.Cl.O=C(CCc1ncc(-c2ccc(Cl)cc2Cl)o1)NCCC1CCCNC1. The molecule has 2 aromatic rings. The van der Waals surface area contributed by atoms with Gasteiger partial charge in [-0.3, -0.25) is 4.79 Å². The summed E-state index contributed by atoms with van der Waals surface area (Å²) in [5.74, 6) is 1.80. The van der Waals surface area contributed by atoms with Gasteiger partial charge in [0.15, 0.2) is 11.7 Å². The van der Waals surface area contributed by atoms with Gasteiger partial charge in [-0.15, -0.1) is 24.8 Å². The smallest absolute Gasteiger partial charge is 0.220 e. The molecule has 1 fully saturated rings. The maximum Gasteiger partial charge on any atom is 0.220 e. The molecule has 1 aliphatic rings. The molecule has 1 unspecified atom stereocenters. The highest BCUT2D eigenvalue weighted by Gasteiger charge is 2.14. The van der Waals surface area contributed by atoms with Crippen LogP contribution >= 0.6 is 48.0 Å². The Bertz CT molecular complexity index is 749. The van der Waals surface area contributed by atoms with E-state index < -0.39 is 0 Å². The van der Waals surface area contributed by atoms with Crippen molar-refractivity contribution >= 4 is 53.9 Å². The summed E-state index contributed by atoms with van der Waals surface area (Å²) < 4.78 is 5.71. The standard InChI is InChI=1S/C19H23Cl2N3O2.2ClH/c20-14-3-4-15(16(21)10-14)17-12-24-19(26-17)6-5-18(25)23-9-7-13-2-1-8-22-11-13;;/h3-4,10,12-13,22H,1-2,5-9,11H2,(H,23,25);2*1H. The summed E-state index contributed by atoms with van der Waals surface area (Å²) in [7, 11) is 0. The van der Waals surface area contributed by atoms with Crippen molar-refractivity contribution in [2.24, 2.45) is 5.92 Å². The number of halogens is 4. The molecule has 156 valence electrons. The monoisotopic (exact) mass is 467 g/mol. The Hall–Kier alpha value is -0.980. The van der Waals surface area contributed by atoms with E-state index in [4.69, 9.17) is 27.6 Å². The zero-order valence-electron chi connectivity index (χ0n) is 15.4. The fourth-order valence-electron chi connectivity index (χ4n) is 3.13. The van der Waals surface area contributed by atoms with Crippen molar-refractivity contribution in [2.75, 3.05) is 19.6 Å². The number of oxazole rings is 1. The number of benzene rings is 1. The van der Waals surface area contributed by atoms with Crippen molar-refractivity contribution in [1.82, 2.24) is 15.6 Å². The molecule has 0 aliphatic carbocycles. The van der Waals surface area contributed by atoms with Gasteiger partial charge < -0.3 is 15.1 Å². The van der Waals surface area contributed by atoms with E-state index in [1.165, 1.54) is 12.8 Å². The number of hydrogen-bond acceptors (Lipinski definition) is 4. The van der Waals surface area contributed by atoms with E-state index in [2.05, 4.69) is 15.6 Å². The predicted octanol–water partition coefficient (Wildman–Crippen LogP) is 4.93. The van der Waals surface area contributed by atoms with Crippen LogP contribution in [0.3, 0.4) is 0 Å². The Kier molecular flexibility index (Phi) is 11.2. The summed E-state index contributed by atoms with van der Waals surface area (Å²) >= 11 is 12.1. The second kappa shape index (κ2) is 12.6. The molecule has 1 amide bonds. The first-order valence-corrected chi connectivity index (χ1v) is 9.75. The fourth-order valence-corrected chi connectivity index (χ4v) is 3.64. The lowest BCUT2D eigenvalue weighted by molar-refractivity contribution is -0.121. The van der Waals surface area contributed by atoms with Crippen LogP contribution in [0, 0.1) is 5.92 Å². The zero-order chi connectivity index (χ0) is 18.4. The van der Waals surface area contributed by atoms with Gasteiger partial charge >= 0.3 is 0 Å². The number of amides is 1. The lowest BCUT2D eigenvalue weighted by atomic mass is 9.96. The molecule has 1 atom stereocenters. The van der Waals surface area contributed by atoms with Crippen LogP contribution in [-0.2, 0) is 11.2 Å². The normalized spacial score (nSPS) is 16.0. The molecule has 9 heteroatoms. The number of carbonyl (C=O) groups is 1. The largest absolute Gasteiger partial charge is 0.441 e. The van der Waals surface area contributed by atoms with Gasteiger partial charge in [-0.25, -0.2) is 4.98 Å². The Morgan fingerprint density at radius 1 is 1.32 bits per heavy atom. The average molecular weight is 469 g/mol. The van der Waals surface area contributed by atoms with Gasteiger partial charge in [0.1, 0.15) is 0 Å². The maximum absolute atomic E-state index is 12.0. The number of aryl methyl sites for hydroxylation is 1. The molecule has 0 bridgehead atoms. The van der Waals surface area contributed by atoms with E-state index in [1.807, 2.05) is 0 Å². The summed E-state index contributed by atoms with van der Waals surface area (Å²) in [4.78, 5) is 16.2. The molecule has 1 saturated heterocycles. The number of nitrogens with zero attached hydrogens (tertiary/aromatic N) is 1. The van der Waals surface area contributed by atoms with Gasteiger partial charge in [0.2, 0.25) is 5.91 Å². The van der Waals surface area contributed by atoms with E-state index in [0.717, 1.165) is 31.6 Å². The van der Waals surface area contributed by atoms with Gasteiger partial charge in [-0.2, -0.15) is 0 Å². The zero-order valence-corrected chi connectivity index (χ0v) is 18.5. The molecule has 2 heterocycles. The summed E-state index contributed by atoms with van der Waals surface area (Å²) in [5, 5.41) is 7.45. The van der Waals surface area contributed by atoms with Gasteiger partial charge in [-0.1, -0.05) is 23.2 Å². The van der Waals surface area contributed by atoms with Crippen LogP contribution in [0.4, 0.5) is 0 Å². The molecule has 2 N–H and O–H groups in total. The summed E-state index contributed by atoms with van der Waals surface area (Å²) in [5.41, 5.74) is 0.736. The third kappa shape index (κ3) is 7.45. The Labute approximate surface area is 187 Å². The van der Waals surface area contributed by atoms with Crippen LogP contribution in [-0.4, -0.2) is 30.5 Å². The minimum atomic E-state index is 0. The van der Waals surface area contributed by atoms with Gasteiger partial charge in [-0.05, 0) is 56.5 Å². The number of aromatic nitrogens is 1. The number of rotatable bonds is 7. The second-order valence-electron chi connectivity index (χ2n) is 6.59. The molecular weight excluding hydrogens is 444 g/mol. The summed E-state index contributed by atoms with van der Waals surface area (Å²) in [6.45, 7) is 2.90. The molecule has 1 aromatic carbocycles. The average Bonchev–Trinajstić information content (AvgIpc) is 3.09. The lowest BCUT2D eigenvalue weighted by Crippen LogP contribution is -2.33. The highest BCUT2D eigenvalue weighted by molar-refractivity contribution is 6.36. The fraction of sp³-hybridized carbons (Fsp3) is 0.474. The quantitative estimate of drug-likeness (QED) is 0.604. The molecule has 0 radical (unpaired) electrons. The predicted molar refractivity (Wildman–Crippen MR) is 118 cm³/mol. The van der Waals surface area contributed by atoms with Crippen LogP contribution in [0.2, 0.25) is 10.0 Å². The molecular formula is C19H25Cl4N3O2. The van der Waals surface area contributed by atoms with Crippen LogP contribution < -0.4 is 10.6 Å². The highest BCUT2D eigenvalue weighted by atomic mass is 35.5. The molecule has 1 aliphatic heterocycles. The van der Waals surface area contributed by atoms with E-state index in [-0.39, 0.29) is 30.7 Å². The maximum atomic E-state index is 12.0. The van der Waals surface area contributed by atoms with Crippen LogP contribution in [0.5, 0.6) is 0 Å². The first-order valence-electron chi connectivity index (χ1n) is 8.99. The topological polar surface area (TPSA) is 67.2 Å². The Morgan fingerprint density at radius 3 is 2.86 bits per heavy atom. The van der Waals surface area contributed by atoms with E-state index in [0.29, 0.717) is 40.5 Å². The van der Waals surface area contributed by atoms with Crippen LogP contribution in [0.15, 0.2) is 28.8 Å². The minimum absolute atomic E-state index is 0. The van der Waals surface area contributed by atoms with Gasteiger partial charge in [0.25, 0.3) is 0 Å². The number of piperidine rings is 1. The Morgan fingerprint density at radius 2 is 2.14 bits per heavy atom. The molecule has 28 heavy (non-hydrogen) atoms. The molecule has 5 nitrogen and oxygen atoms in total. The van der Waals surface area contributed by atoms with Crippen molar-refractivity contribution in [3.63, 3.8) is 0 Å². The molecule has 0 saturated carbocycles. The van der Waals surface area contributed by atoms with Gasteiger partial charge in [0.05, 0.1) is 11.2 Å². The number of carbonyl (C=O) groups excluding carboxylic acids is 1. The third-order valence-electron chi connectivity index (χ3n) is 4.59. The third-order valence-corrected chi connectivity index (χ3v) is 5.14. The highest BCUT2D eigenvalue weighted by Crippen LogP contribution is 2.30. The van der Waals surface area contributed by atoms with Crippen LogP contribution in [0.1, 0.15) is 31.6 Å². The van der Waals surface area contributed by atoms with Crippen molar-refractivity contribution in [1.29, 1.82) is 0 Å². The first kappa shape index (κ1) is 25.1. The van der Waals surface area contributed by atoms with Gasteiger partial charge in [0, 0.05) is 30.0 Å². The van der Waals surface area contributed by atoms with Crippen molar-refractivity contribution < 1.29 is 9.21 Å². The molecule has 3 rings (SSSR count). The van der Waals surface area contributed by atoms with E-state index in [9.17, 15) is 4.79 Å². The Balaban J connectivity index is 0.00000196. The first-order chi connectivity index (χ1) is 12.6. The molecule has 1 aromatic heterocycles. The molecule has 0 spiro atoms. The van der Waals surface area contributed by atoms with Crippen molar-refractivity contribution in [2.45, 2.75) is 32.1 Å². The van der Waals surface area contributed by atoms with Crippen molar-refractivity contribution in [3.8, 4) is 11.3 Å². The summed E-state index contributed by atoms with van der Waals surface area (Å²) in [6.07, 6.45) is 5.94. The summed E-state index contributed by atoms with van der Waals surface area (Å²) in [6, 6.07) is 5.21. The van der Waals surface area contributed by atoms with Crippen molar-refractivity contribution in [3.05, 3.63) is 40.3 Å². The number of nitrogens with one attached hydrogen (secondary N) is 2. The second-order valence-corrected chi connectivity index (χ2v) is 7.44. The minimum Gasteiger partial charge on any atom is -0.441 e. The lowest BCUT2D eigenvalue weighted by Gasteiger charge is -2.22.